The molecule has 0 spiro atoms. The highest BCUT2D eigenvalue weighted by Gasteiger charge is 2.18. The molecule has 0 heterocycles. The summed E-state index contributed by atoms with van der Waals surface area (Å²) in [6.07, 6.45) is 0.655. The molecule has 2 nitrogen and oxygen atoms in total. The van der Waals surface area contributed by atoms with Crippen molar-refractivity contribution in [1.82, 2.24) is 0 Å². The quantitative estimate of drug-likeness (QED) is 0.567. The Bertz CT molecular complexity index is 788. The maximum atomic E-state index is 9.57. The summed E-state index contributed by atoms with van der Waals surface area (Å²) in [5.41, 5.74) is 3.40. The number of hydrogen-bond donors (Lipinski definition) is 1. The number of rotatable bonds is 7. The summed E-state index contributed by atoms with van der Waals surface area (Å²) >= 11 is 3.57. The van der Waals surface area contributed by atoms with Gasteiger partial charge in [0.25, 0.3) is 0 Å². The van der Waals surface area contributed by atoms with E-state index in [1.54, 1.807) is 0 Å². The summed E-state index contributed by atoms with van der Waals surface area (Å²) in [5, 5.41) is 9.57. The van der Waals surface area contributed by atoms with Gasteiger partial charge in [0.1, 0.15) is 12.4 Å². The first kappa shape index (κ1) is 17.7. The van der Waals surface area contributed by atoms with Gasteiger partial charge in [-0.3, -0.25) is 0 Å². The molecule has 0 radical (unpaired) electrons. The third kappa shape index (κ3) is 4.71. The Labute approximate surface area is 157 Å². The highest BCUT2D eigenvalue weighted by Crippen LogP contribution is 2.36. The van der Waals surface area contributed by atoms with Crippen LogP contribution in [0.5, 0.6) is 5.75 Å². The summed E-state index contributed by atoms with van der Waals surface area (Å²) in [6.45, 7) is 0.653. The van der Waals surface area contributed by atoms with E-state index in [0.717, 1.165) is 21.3 Å². The lowest BCUT2D eigenvalue weighted by molar-refractivity contribution is 0.276. The molecule has 0 saturated carbocycles. The van der Waals surface area contributed by atoms with Crippen LogP contribution < -0.4 is 4.74 Å². The molecular formula is C22H21BrO2. The van der Waals surface area contributed by atoms with E-state index >= 15 is 0 Å². The van der Waals surface area contributed by atoms with Gasteiger partial charge in [-0.15, -0.1) is 0 Å². The molecule has 3 aromatic rings. The third-order valence-corrected chi connectivity index (χ3v) is 4.70. The zero-order valence-electron chi connectivity index (χ0n) is 13.9. The van der Waals surface area contributed by atoms with E-state index in [2.05, 4.69) is 46.3 Å². The second-order valence-electron chi connectivity index (χ2n) is 5.93. The van der Waals surface area contributed by atoms with Gasteiger partial charge in [0.15, 0.2) is 0 Å². The maximum Gasteiger partial charge on any atom is 0.123 e. The predicted molar refractivity (Wildman–Crippen MR) is 105 cm³/mol. The van der Waals surface area contributed by atoms with Crippen molar-refractivity contribution < 1.29 is 9.84 Å². The van der Waals surface area contributed by atoms with Crippen LogP contribution in [0.25, 0.3) is 0 Å². The lowest BCUT2D eigenvalue weighted by Crippen LogP contribution is -2.07. The summed E-state index contributed by atoms with van der Waals surface area (Å²) in [7, 11) is 0. The standard InChI is InChI=1S/C22H21BrO2/c23-19-11-12-22(25-16-17-7-3-1-4-8-17)21(15-19)20(13-14-24)18-9-5-2-6-10-18/h1-12,15,20,24H,13-14,16H2/t20-/m1/s1. The molecule has 3 aromatic carbocycles. The lowest BCUT2D eigenvalue weighted by atomic mass is 9.88. The Morgan fingerprint density at radius 1 is 0.880 bits per heavy atom. The minimum atomic E-state index is 0.0921. The van der Waals surface area contributed by atoms with Gasteiger partial charge < -0.3 is 9.84 Å². The van der Waals surface area contributed by atoms with Crippen molar-refractivity contribution in [2.75, 3.05) is 6.61 Å². The van der Waals surface area contributed by atoms with Crippen LogP contribution in [-0.4, -0.2) is 11.7 Å². The van der Waals surface area contributed by atoms with Crippen molar-refractivity contribution in [2.45, 2.75) is 18.9 Å². The van der Waals surface area contributed by atoms with Gasteiger partial charge in [0.05, 0.1) is 0 Å². The van der Waals surface area contributed by atoms with Gasteiger partial charge in [0.2, 0.25) is 0 Å². The van der Waals surface area contributed by atoms with Crippen molar-refractivity contribution in [3.05, 3.63) is 100 Å². The van der Waals surface area contributed by atoms with E-state index in [0.29, 0.717) is 13.0 Å². The summed E-state index contributed by atoms with van der Waals surface area (Å²) in [4.78, 5) is 0. The average molecular weight is 397 g/mol. The predicted octanol–water partition coefficient (Wildman–Crippen LogP) is 5.54. The van der Waals surface area contributed by atoms with E-state index < -0.39 is 0 Å². The van der Waals surface area contributed by atoms with Crippen LogP contribution in [0.1, 0.15) is 29.0 Å². The zero-order valence-corrected chi connectivity index (χ0v) is 15.5. The number of halogens is 1. The van der Waals surface area contributed by atoms with Crippen LogP contribution in [0.4, 0.5) is 0 Å². The highest BCUT2D eigenvalue weighted by molar-refractivity contribution is 9.10. The molecule has 3 heteroatoms. The number of ether oxygens (including phenoxy) is 1. The SMILES string of the molecule is OCC[C@H](c1ccccc1)c1cc(Br)ccc1OCc1ccccc1. The minimum Gasteiger partial charge on any atom is -0.489 e. The van der Waals surface area contributed by atoms with Gasteiger partial charge >= 0.3 is 0 Å². The zero-order chi connectivity index (χ0) is 17.5. The van der Waals surface area contributed by atoms with Crippen molar-refractivity contribution >= 4 is 15.9 Å². The second kappa shape index (κ2) is 8.84. The molecule has 25 heavy (non-hydrogen) atoms. The van der Waals surface area contributed by atoms with Crippen LogP contribution in [0.15, 0.2) is 83.3 Å². The fraction of sp³-hybridized carbons (Fsp3) is 0.182. The van der Waals surface area contributed by atoms with Crippen molar-refractivity contribution in [1.29, 1.82) is 0 Å². The second-order valence-corrected chi connectivity index (χ2v) is 6.85. The summed E-state index contributed by atoms with van der Waals surface area (Å²) in [5.74, 6) is 0.948. The van der Waals surface area contributed by atoms with E-state index in [9.17, 15) is 5.11 Å². The fourth-order valence-electron chi connectivity index (χ4n) is 2.97. The summed E-state index contributed by atoms with van der Waals surface area (Å²) < 4.78 is 7.13. The molecule has 0 saturated heterocycles. The molecule has 1 atom stereocenters. The number of hydrogen-bond acceptors (Lipinski definition) is 2. The minimum absolute atomic E-state index is 0.0921. The first-order chi connectivity index (χ1) is 12.3. The van der Waals surface area contributed by atoms with Gasteiger partial charge in [-0.1, -0.05) is 76.6 Å². The van der Waals surface area contributed by atoms with Crippen LogP contribution in [0, 0.1) is 0 Å². The average Bonchev–Trinajstić information content (AvgIpc) is 2.66. The lowest BCUT2D eigenvalue weighted by Gasteiger charge is -2.21. The van der Waals surface area contributed by atoms with Crippen molar-refractivity contribution in [3.63, 3.8) is 0 Å². The Morgan fingerprint density at radius 2 is 1.56 bits per heavy atom. The van der Waals surface area contributed by atoms with Gasteiger partial charge in [-0.2, -0.15) is 0 Å². The molecule has 1 N–H and O–H groups in total. The number of benzene rings is 3. The van der Waals surface area contributed by atoms with Crippen LogP contribution in [-0.2, 0) is 6.61 Å². The first-order valence-corrected chi connectivity index (χ1v) is 9.19. The molecule has 0 aliphatic heterocycles. The van der Waals surface area contributed by atoms with E-state index in [-0.39, 0.29) is 12.5 Å². The Morgan fingerprint density at radius 3 is 2.24 bits per heavy atom. The number of aliphatic hydroxyl groups is 1. The molecule has 3 rings (SSSR count). The smallest absolute Gasteiger partial charge is 0.123 e. The first-order valence-electron chi connectivity index (χ1n) is 8.40. The van der Waals surface area contributed by atoms with Gasteiger partial charge in [-0.25, -0.2) is 0 Å². The van der Waals surface area contributed by atoms with Gasteiger partial charge in [-0.05, 0) is 35.7 Å². The third-order valence-electron chi connectivity index (χ3n) is 4.20. The van der Waals surface area contributed by atoms with E-state index in [1.165, 1.54) is 5.56 Å². The molecule has 128 valence electrons. The molecule has 0 aliphatic carbocycles. The van der Waals surface area contributed by atoms with Gasteiger partial charge in [0, 0.05) is 22.6 Å². The van der Waals surface area contributed by atoms with E-state index in [1.807, 2.05) is 48.5 Å². The van der Waals surface area contributed by atoms with Crippen LogP contribution in [0.2, 0.25) is 0 Å². The van der Waals surface area contributed by atoms with Crippen molar-refractivity contribution in [3.8, 4) is 5.75 Å². The molecule has 0 aliphatic rings. The molecule has 0 fully saturated rings. The Kier molecular flexibility index (Phi) is 6.26. The molecular weight excluding hydrogens is 376 g/mol. The molecule has 0 bridgehead atoms. The molecule has 0 aromatic heterocycles. The largest absolute Gasteiger partial charge is 0.489 e. The molecule has 0 unspecified atom stereocenters. The maximum absolute atomic E-state index is 9.57. The van der Waals surface area contributed by atoms with Crippen LogP contribution in [0.3, 0.4) is 0 Å². The number of aliphatic hydroxyl groups excluding tert-OH is 1. The topological polar surface area (TPSA) is 29.5 Å². The van der Waals surface area contributed by atoms with Crippen LogP contribution >= 0.6 is 15.9 Å². The fourth-order valence-corrected chi connectivity index (χ4v) is 3.35. The Hall–Kier alpha value is -2.10. The highest BCUT2D eigenvalue weighted by atomic mass is 79.9. The molecule has 0 amide bonds. The Balaban J connectivity index is 1.91. The summed E-state index contributed by atoms with van der Waals surface area (Å²) in [6, 6.07) is 26.5. The van der Waals surface area contributed by atoms with Crippen molar-refractivity contribution in [2.24, 2.45) is 0 Å². The van der Waals surface area contributed by atoms with E-state index in [4.69, 9.17) is 4.74 Å². The normalized spacial score (nSPS) is 11.9. The monoisotopic (exact) mass is 396 g/mol.